The van der Waals surface area contributed by atoms with Gasteiger partial charge < -0.3 is 39.6 Å². The summed E-state index contributed by atoms with van der Waals surface area (Å²) < 4.78 is 178. The van der Waals surface area contributed by atoms with Crippen molar-refractivity contribution in [2.75, 3.05) is 21.3 Å². The SMILES string of the molecule is Cc1cc(C)c(NC(=O)C(C)C)c(C)c1N=c1cc2oc3cc(Nc4c(C)cc(C)c(OC5CCC(Oc6c(C)cc(C)c(N=c7cc8oc9cc(Nc%10c(C)cc(C)c(NC(=O)C(C)C)c%10C)ccc9c(-c9ccccc9S(=O)(=O)O)c-8cc7S(=O)(=O)O)c6C)CC5)c4C)ccc3c(-c3ccccc3S(=O)(=O)O)c-2cc1S(=O)(=O)O. The normalized spacial score (nSPS) is 14.7. The first kappa shape index (κ1) is 82.9. The molecule has 0 spiro atoms. The molecule has 0 saturated heterocycles. The summed E-state index contributed by atoms with van der Waals surface area (Å²) in [6.07, 6.45) is 1.82. The summed E-state index contributed by atoms with van der Waals surface area (Å²) in [6.45, 7) is 29.6. The van der Waals surface area contributed by atoms with Crippen molar-refractivity contribution in [3.8, 4) is 56.4 Å². The fourth-order valence-corrected chi connectivity index (χ4v) is 18.4. The zero-order valence-electron chi connectivity index (χ0n) is 66.9. The number of ether oxygens (including phenoxy) is 2. The van der Waals surface area contributed by atoms with Crippen LogP contribution in [0.1, 0.15) is 120 Å². The number of fused-ring (bicyclic) bond motifs is 4. The summed E-state index contributed by atoms with van der Waals surface area (Å²) in [6, 6.07) is 34.4. The first-order chi connectivity index (χ1) is 54.4. The number of nitrogens with zero attached hydrogens (tertiary/aromatic N) is 2. The van der Waals surface area contributed by atoms with Gasteiger partial charge in [0.2, 0.25) is 11.8 Å². The molecule has 0 bridgehead atoms. The molecule has 8 aromatic carbocycles. The third-order valence-corrected chi connectivity index (χ3v) is 25.0. The van der Waals surface area contributed by atoms with Crippen LogP contribution < -0.4 is 41.5 Å². The van der Waals surface area contributed by atoms with E-state index in [2.05, 4.69) is 21.3 Å². The van der Waals surface area contributed by atoms with Crippen molar-refractivity contribution in [2.45, 2.75) is 168 Å². The highest BCUT2D eigenvalue weighted by molar-refractivity contribution is 7.86. The number of benzene rings is 10. The monoisotopic (exact) mass is 1650 g/mol. The van der Waals surface area contributed by atoms with Gasteiger partial charge in [-0.1, -0.05) is 88.4 Å². The molecule has 24 nitrogen and oxygen atoms in total. The van der Waals surface area contributed by atoms with Gasteiger partial charge in [0.1, 0.15) is 53.8 Å². The van der Waals surface area contributed by atoms with Gasteiger partial charge in [-0.05, 0) is 213 Å². The first-order valence-electron chi connectivity index (χ1n) is 37.6. The predicted molar refractivity (Wildman–Crippen MR) is 450 cm³/mol. The lowest BCUT2D eigenvalue weighted by atomic mass is 9.93. The molecule has 8 aromatic rings. The maximum Gasteiger partial charge on any atom is 0.296 e. The van der Waals surface area contributed by atoms with Gasteiger partial charge in [0, 0.05) is 126 Å². The maximum atomic E-state index is 13.8. The molecule has 0 unspecified atom stereocenters. The summed E-state index contributed by atoms with van der Waals surface area (Å²) in [7, 11) is -20.0. The molecule has 0 aromatic heterocycles. The Bertz CT molecular complexity index is 6700. The fraction of sp³-hybridized carbons (Fsp3) is 0.273. The minimum absolute atomic E-state index is 0.00637. The van der Waals surface area contributed by atoms with Gasteiger partial charge in [0.25, 0.3) is 40.5 Å². The average molecular weight is 1650 g/mol. The smallest absolute Gasteiger partial charge is 0.296 e. The van der Waals surface area contributed by atoms with E-state index in [1.54, 1.807) is 82.3 Å². The van der Waals surface area contributed by atoms with Crippen LogP contribution in [0.25, 0.3) is 66.8 Å². The Morgan fingerprint density at radius 2 is 0.733 bits per heavy atom. The Morgan fingerprint density at radius 3 is 1.14 bits per heavy atom. The highest BCUT2D eigenvalue weighted by Gasteiger charge is 2.33. The van der Waals surface area contributed by atoms with Gasteiger partial charge in [-0.25, -0.2) is 9.98 Å². The van der Waals surface area contributed by atoms with E-state index in [0.29, 0.717) is 110 Å². The molecule has 2 amide bonds. The second kappa shape index (κ2) is 31.5. The summed E-state index contributed by atoms with van der Waals surface area (Å²) in [5, 5.41) is 13.3. The molecule has 5 aliphatic rings. The molecule has 3 aliphatic carbocycles. The molecule has 0 atom stereocenters. The third kappa shape index (κ3) is 16.5. The molecule has 0 radical (unpaired) electrons. The van der Waals surface area contributed by atoms with E-state index < -0.39 is 60.1 Å². The number of aryl methyl sites for hydroxylation is 8. The Kier molecular flexibility index (Phi) is 22.5. The lowest BCUT2D eigenvalue weighted by Gasteiger charge is -2.32. The van der Waals surface area contributed by atoms with Crippen LogP contribution in [0.2, 0.25) is 0 Å². The highest BCUT2D eigenvalue weighted by atomic mass is 32.2. The van der Waals surface area contributed by atoms with Crippen LogP contribution in [0.4, 0.5) is 45.5 Å². The molecule has 2 heterocycles. The van der Waals surface area contributed by atoms with E-state index in [1.807, 2.05) is 101 Å². The molecule has 1 fully saturated rings. The topological polar surface area (TPSA) is 369 Å². The van der Waals surface area contributed by atoms with E-state index in [9.17, 15) is 61.5 Å². The summed E-state index contributed by atoms with van der Waals surface area (Å²) in [5.74, 6) is 0.224. The summed E-state index contributed by atoms with van der Waals surface area (Å²) in [4.78, 5) is 33.6. The maximum absolute atomic E-state index is 13.8. The van der Waals surface area contributed by atoms with E-state index in [-0.39, 0.29) is 103 Å². The number of carbonyl (C=O) groups is 2. The lowest BCUT2D eigenvalue weighted by molar-refractivity contribution is -0.119. The van der Waals surface area contributed by atoms with Crippen LogP contribution in [-0.2, 0) is 50.1 Å². The van der Waals surface area contributed by atoms with Gasteiger partial charge >= 0.3 is 0 Å². The minimum Gasteiger partial charge on any atom is -0.490 e. The van der Waals surface area contributed by atoms with Gasteiger partial charge in [0.15, 0.2) is 0 Å². The summed E-state index contributed by atoms with van der Waals surface area (Å²) in [5.41, 5.74) is 14.2. The van der Waals surface area contributed by atoms with Gasteiger partial charge in [-0.3, -0.25) is 27.8 Å². The van der Waals surface area contributed by atoms with Crippen LogP contribution in [-0.4, -0.2) is 75.9 Å². The second-order valence-electron chi connectivity index (χ2n) is 30.7. The fourth-order valence-electron chi connectivity index (χ4n) is 15.8. The largest absolute Gasteiger partial charge is 0.490 e. The highest BCUT2D eigenvalue weighted by Crippen LogP contribution is 2.49. The van der Waals surface area contributed by atoms with Crippen molar-refractivity contribution in [1.82, 2.24) is 0 Å². The number of amides is 2. The van der Waals surface area contributed by atoms with Gasteiger partial charge in [-0.2, -0.15) is 33.7 Å². The molecule has 1 saturated carbocycles. The Hall–Kier alpha value is -11.1. The molecular weight excluding hydrogens is 1560 g/mol. The third-order valence-electron chi connectivity index (χ3n) is 21.4. The average Bonchev–Trinajstić information content (AvgIpc) is 0.735. The predicted octanol–water partition coefficient (Wildman–Crippen LogP) is 19.3. The van der Waals surface area contributed by atoms with Crippen LogP contribution in [0.3, 0.4) is 0 Å². The summed E-state index contributed by atoms with van der Waals surface area (Å²) >= 11 is 0. The zero-order valence-corrected chi connectivity index (χ0v) is 70.1. The van der Waals surface area contributed by atoms with Crippen molar-refractivity contribution in [2.24, 2.45) is 21.8 Å². The minimum atomic E-state index is -5.11. The molecule has 604 valence electrons. The standard InChI is InChI=1S/C88H90N6O18S4/c1-43(2)87(95)93-81-47(7)33-45(5)79(53(81)13)89-57-25-31-61-69(37-57)111-72-42-68(76(116(106,107)108)40-66(72)77(61)63-21-17-19-23-73(63)113(97,98)99)92-84-50(10)36-52(12)86(56(84)16)110-60-29-27-59(28-30-60)109-85-51(11)35-49(9)83(55(85)15)90-58-26-32-62-70(38-58)112-71-41-67(91-80-46(6)34-48(8)82(54(80)14)94-88(96)44(3)4)75(115(103,104)105)39-65(71)78(62)64-22-18-20-24-74(64)114(100,101)102/h17-26,31-44,59-60,89-90H,27-30H2,1-16H3,(H,93,95)(H,94,96)(H,97,98,99)(H,100,101,102)(H,103,104,105)(H,106,107,108). The molecular formula is C88H90N6O18S4. The lowest BCUT2D eigenvalue weighted by Crippen LogP contribution is -2.30. The van der Waals surface area contributed by atoms with Crippen LogP contribution in [0, 0.1) is 94.9 Å². The Labute approximate surface area is 673 Å². The molecule has 13 rings (SSSR count). The van der Waals surface area contributed by atoms with Crippen molar-refractivity contribution in [3.05, 3.63) is 211 Å². The molecule has 2 aliphatic heterocycles. The molecule has 28 heteroatoms. The Balaban J connectivity index is 0.811. The van der Waals surface area contributed by atoms with Crippen LogP contribution >= 0.6 is 0 Å². The quantitative estimate of drug-likeness (QED) is 0.0259. The van der Waals surface area contributed by atoms with E-state index >= 15 is 0 Å². The zero-order chi connectivity index (χ0) is 84.0. The van der Waals surface area contributed by atoms with E-state index in [1.165, 1.54) is 54.6 Å². The molecule has 116 heavy (non-hydrogen) atoms. The van der Waals surface area contributed by atoms with E-state index in [0.717, 1.165) is 56.3 Å². The van der Waals surface area contributed by atoms with Gasteiger partial charge in [0.05, 0.1) is 34.3 Å². The van der Waals surface area contributed by atoms with Crippen molar-refractivity contribution in [1.29, 1.82) is 0 Å². The van der Waals surface area contributed by atoms with Crippen molar-refractivity contribution < 1.29 is 79.8 Å². The number of anilines is 6. The Morgan fingerprint density at radius 1 is 0.388 bits per heavy atom. The second-order valence-corrected chi connectivity index (χ2v) is 36.3. The number of carbonyl (C=O) groups excluding carboxylic acids is 2. The van der Waals surface area contributed by atoms with Crippen LogP contribution in [0.15, 0.2) is 172 Å². The number of hydrogen-bond donors (Lipinski definition) is 8. The van der Waals surface area contributed by atoms with Gasteiger partial charge in [-0.15, -0.1) is 0 Å². The number of rotatable bonds is 20. The first-order valence-corrected chi connectivity index (χ1v) is 43.4. The van der Waals surface area contributed by atoms with Crippen molar-refractivity contribution >= 4 is 120 Å². The van der Waals surface area contributed by atoms with E-state index in [4.69, 9.17) is 28.3 Å². The van der Waals surface area contributed by atoms with Crippen molar-refractivity contribution in [3.63, 3.8) is 0 Å². The number of hydrogen-bond acceptors (Lipinski definition) is 18. The van der Waals surface area contributed by atoms with Crippen LogP contribution in [0.5, 0.6) is 11.5 Å². The number of nitrogens with one attached hydrogen (secondary N) is 4. The molecule has 8 N–H and O–H groups in total.